The molecule has 0 saturated heterocycles. The lowest BCUT2D eigenvalue weighted by molar-refractivity contribution is -0.169. The minimum atomic E-state index is -1.75. The fourth-order valence-corrected chi connectivity index (χ4v) is 3.41. The van der Waals surface area contributed by atoms with Gasteiger partial charge in [-0.1, -0.05) is 91.0 Å². The third-order valence-electron chi connectivity index (χ3n) is 4.81. The highest BCUT2D eigenvalue weighted by atomic mass is 16.5. The first kappa shape index (κ1) is 20.8. The molecule has 29 heavy (non-hydrogen) atoms. The van der Waals surface area contributed by atoms with Crippen LogP contribution in [0.2, 0.25) is 0 Å². The molecule has 0 bridgehead atoms. The number of rotatable bonds is 9. The molecular weight excluding hydrogens is 362 g/mol. The SMILES string of the molecule is CCOC(=O)[C@](O)(CN(Cc1ccccc1)Cc1ccccc1)c1ccccc1. The van der Waals surface area contributed by atoms with E-state index in [9.17, 15) is 9.90 Å². The van der Waals surface area contributed by atoms with Crippen LogP contribution < -0.4 is 0 Å². The number of esters is 1. The van der Waals surface area contributed by atoms with Gasteiger partial charge in [0.25, 0.3) is 0 Å². The molecule has 0 unspecified atom stereocenters. The van der Waals surface area contributed by atoms with Gasteiger partial charge in [-0.2, -0.15) is 0 Å². The fraction of sp³-hybridized carbons (Fsp3) is 0.240. The summed E-state index contributed by atoms with van der Waals surface area (Å²) in [7, 11) is 0. The molecule has 0 amide bonds. The van der Waals surface area contributed by atoms with Crippen molar-refractivity contribution in [3.05, 3.63) is 108 Å². The normalized spacial score (nSPS) is 13.1. The molecule has 3 rings (SSSR count). The van der Waals surface area contributed by atoms with Gasteiger partial charge in [0.2, 0.25) is 0 Å². The van der Waals surface area contributed by atoms with Crippen molar-refractivity contribution in [1.29, 1.82) is 0 Å². The van der Waals surface area contributed by atoms with E-state index >= 15 is 0 Å². The number of ether oxygens (including phenoxy) is 1. The van der Waals surface area contributed by atoms with Gasteiger partial charge in [0, 0.05) is 19.6 Å². The number of hydrogen-bond donors (Lipinski definition) is 1. The minimum absolute atomic E-state index is 0.125. The van der Waals surface area contributed by atoms with Gasteiger partial charge < -0.3 is 9.84 Å². The first-order chi connectivity index (χ1) is 14.1. The van der Waals surface area contributed by atoms with Gasteiger partial charge in [-0.05, 0) is 23.6 Å². The highest BCUT2D eigenvalue weighted by Gasteiger charge is 2.41. The van der Waals surface area contributed by atoms with E-state index in [1.54, 1.807) is 19.1 Å². The Labute approximate surface area is 172 Å². The summed E-state index contributed by atoms with van der Waals surface area (Å²) in [6.07, 6.45) is 0. The van der Waals surface area contributed by atoms with Crippen molar-refractivity contribution >= 4 is 5.97 Å². The number of aliphatic hydroxyl groups is 1. The van der Waals surface area contributed by atoms with E-state index in [4.69, 9.17) is 4.74 Å². The van der Waals surface area contributed by atoms with E-state index in [1.807, 2.05) is 78.9 Å². The minimum Gasteiger partial charge on any atom is -0.464 e. The zero-order chi connectivity index (χ0) is 20.5. The zero-order valence-electron chi connectivity index (χ0n) is 16.7. The molecule has 3 aromatic rings. The second kappa shape index (κ2) is 10.0. The quantitative estimate of drug-likeness (QED) is 0.559. The predicted molar refractivity (Wildman–Crippen MR) is 114 cm³/mol. The van der Waals surface area contributed by atoms with Crippen LogP contribution >= 0.6 is 0 Å². The van der Waals surface area contributed by atoms with Crippen LogP contribution in [-0.4, -0.2) is 29.1 Å². The maximum Gasteiger partial charge on any atom is 0.344 e. The smallest absolute Gasteiger partial charge is 0.344 e. The molecule has 150 valence electrons. The fourth-order valence-electron chi connectivity index (χ4n) is 3.41. The molecule has 0 aliphatic rings. The van der Waals surface area contributed by atoms with E-state index in [0.29, 0.717) is 18.7 Å². The van der Waals surface area contributed by atoms with Crippen LogP contribution in [0.15, 0.2) is 91.0 Å². The Hall–Kier alpha value is -2.95. The number of hydrogen-bond acceptors (Lipinski definition) is 4. The second-order valence-corrected chi connectivity index (χ2v) is 7.06. The Kier molecular flexibility index (Phi) is 7.17. The van der Waals surface area contributed by atoms with Gasteiger partial charge in [0.05, 0.1) is 6.61 Å². The Bertz CT molecular complexity index is 842. The third-order valence-corrected chi connectivity index (χ3v) is 4.81. The van der Waals surface area contributed by atoms with Gasteiger partial charge in [-0.15, -0.1) is 0 Å². The Morgan fingerprint density at radius 2 is 1.28 bits per heavy atom. The van der Waals surface area contributed by atoms with Crippen molar-refractivity contribution < 1.29 is 14.6 Å². The summed E-state index contributed by atoms with van der Waals surface area (Å²) in [5, 5.41) is 11.5. The summed E-state index contributed by atoms with van der Waals surface area (Å²) in [6, 6.07) is 29.1. The van der Waals surface area contributed by atoms with Crippen molar-refractivity contribution in [2.45, 2.75) is 25.6 Å². The molecule has 0 aromatic heterocycles. The lowest BCUT2D eigenvalue weighted by Gasteiger charge is -2.33. The highest BCUT2D eigenvalue weighted by molar-refractivity contribution is 5.81. The first-order valence-corrected chi connectivity index (χ1v) is 9.87. The molecule has 0 heterocycles. The van der Waals surface area contributed by atoms with E-state index in [2.05, 4.69) is 4.90 Å². The highest BCUT2D eigenvalue weighted by Crippen LogP contribution is 2.26. The van der Waals surface area contributed by atoms with E-state index < -0.39 is 11.6 Å². The number of benzene rings is 3. The van der Waals surface area contributed by atoms with Crippen LogP contribution in [0.4, 0.5) is 0 Å². The standard InChI is InChI=1S/C25H27NO3/c1-2-29-24(27)25(28,23-16-10-5-11-17-23)20-26(18-21-12-6-3-7-13-21)19-22-14-8-4-9-15-22/h3-17,28H,2,18-20H2,1H3/t25-/m0/s1. The summed E-state index contributed by atoms with van der Waals surface area (Å²) in [5.74, 6) is -0.627. The maximum atomic E-state index is 12.8. The van der Waals surface area contributed by atoms with Gasteiger partial charge in [0.1, 0.15) is 0 Å². The molecule has 0 spiro atoms. The molecule has 1 atom stereocenters. The second-order valence-electron chi connectivity index (χ2n) is 7.06. The lowest BCUT2D eigenvalue weighted by atomic mass is 9.92. The van der Waals surface area contributed by atoms with Crippen LogP contribution in [-0.2, 0) is 28.2 Å². The average molecular weight is 389 g/mol. The molecule has 4 nitrogen and oxygen atoms in total. The van der Waals surface area contributed by atoms with Crippen molar-refractivity contribution in [1.82, 2.24) is 4.90 Å². The summed E-state index contributed by atoms with van der Waals surface area (Å²) in [5.41, 5.74) is 1.01. The third kappa shape index (κ3) is 5.53. The van der Waals surface area contributed by atoms with Gasteiger partial charge in [-0.25, -0.2) is 4.79 Å². The summed E-state index contributed by atoms with van der Waals surface area (Å²) in [6.45, 7) is 3.29. The summed E-state index contributed by atoms with van der Waals surface area (Å²) >= 11 is 0. The van der Waals surface area contributed by atoms with Crippen LogP contribution in [0.5, 0.6) is 0 Å². The molecule has 3 aromatic carbocycles. The van der Waals surface area contributed by atoms with E-state index in [0.717, 1.165) is 11.1 Å². The van der Waals surface area contributed by atoms with Crippen LogP contribution in [0.3, 0.4) is 0 Å². The molecule has 1 N–H and O–H groups in total. The topological polar surface area (TPSA) is 49.8 Å². The van der Waals surface area contributed by atoms with Gasteiger partial charge in [0.15, 0.2) is 5.60 Å². The van der Waals surface area contributed by atoms with Gasteiger partial charge in [-0.3, -0.25) is 4.90 Å². The van der Waals surface area contributed by atoms with Crippen molar-refractivity contribution in [3.8, 4) is 0 Å². The molecule has 4 heteroatoms. The molecule has 0 aliphatic heterocycles. The predicted octanol–water partition coefficient (Wildman–Crippen LogP) is 4.14. The first-order valence-electron chi connectivity index (χ1n) is 9.87. The Morgan fingerprint density at radius 3 is 1.72 bits per heavy atom. The maximum absolute atomic E-state index is 12.8. The van der Waals surface area contributed by atoms with Crippen molar-refractivity contribution in [2.75, 3.05) is 13.2 Å². The largest absolute Gasteiger partial charge is 0.464 e. The molecule has 0 saturated carbocycles. The monoisotopic (exact) mass is 389 g/mol. The van der Waals surface area contributed by atoms with Crippen molar-refractivity contribution in [3.63, 3.8) is 0 Å². The lowest BCUT2D eigenvalue weighted by Crippen LogP contribution is -2.47. The van der Waals surface area contributed by atoms with Gasteiger partial charge >= 0.3 is 5.97 Å². The number of nitrogens with zero attached hydrogens (tertiary/aromatic N) is 1. The number of carbonyl (C=O) groups is 1. The Balaban J connectivity index is 1.92. The molecule has 0 radical (unpaired) electrons. The van der Waals surface area contributed by atoms with Crippen LogP contribution in [0, 0.1) is 0 Å². The van der Waals surface area contributed by atoms with E-state index in [1.165, 1.54) is 0 Å². The average Bonchev–Trinajstić information content (AvgIpc) is 2.76. The van der Waals surface area contributed by atoms with Crippen LogP contribution in [0.1, 0.15) is 23.6 Å². The Morgan fingerprint density at radius 1 is 0.828 bits per heavy atom. The zero-order valence-corrected chi connectivity index (χ0v) is 16.7. The van der Waals surface area contributed by atoms with E-state index in [-0.39, 0.29) is 13.2 Å². The molecule has 0 aliphatic carbocycles. The molecule has 0 fully saturated rings. The number of carbonyl (C=O) groups excluding carboxylic acids is 1. The van der Waals surface area contributed by atoms with Crippen LogP contribution in [0.25, 0.3) is 0 Å². The van der Waals surface area contributed by atoms with Crippen molar-refractivity contribution in [2.24, 2.45) is 0 Å². The summed E-state index contributed by atoms with van der Waals surface area (Å²) < 4.78 is 5.25. The summed E-state index contributed by atoms with van der Waals surface area (Å²) in [4.78, 5) is 14.9. The molecular formula is C25H27NO3.